The van der Waals surface area contributed by atoms with Gasteiger partial charge >= 0.3 is 0 Å². The van der Waals surface area contributed by atoms with E-state index in [1.807, 2.05) is 35.8 Å². The summed E-state index contributed by atoms with van der Waals surface area (Å²) in [6.07, 6.45) is 5.52. The molecule has 1 fully saturated rings. The first kappa shape index (κ1) is 18.2. The van der Waals surface area contributed by atoms with Gasteiger partial charge in [0.2, 0.25) is 0 Å². The van der Waals surface area contributed by atoms with Crippen LogP contribution < -0.4 is 0 Å². The highest BCUT2D eigenvalue weighted by molar-refractivity contribution is 6.30. The quantitative estimate of drug-likeness (QED) is 0.577. The normalized spacial score (nSPS) is 14.1. The summed E-state index contributed by atoms with van der Waals surface area (Å²) in [5.74, 6) is 0.509. The maximum Gasteiger partial charge on any atom is 0.145 e. The molecule has 0 saturated heterocycles. The third-order valence-corrected chi connectivity index (χ3v) is 5.44. The Bertz CT molecular complexity index is 945. The standard InChI is InChI=1S/C22H23ClFN3/c1-15-3-6-17(24)13-21(15)22-25-18(11-12-26(2)19-9-10-19)14-27(22)20-7-4-16(23)5-8-20/h3-8,13-14,19H,9-12H2,1-2H3. The van der Waals surface area contributed by atoms with Crippen LogP contribution in [0.25, 0.3) is 17.1 Å². The van der Waals surface area contributed by atoms with E-state index in [9.17, 15) is 4.39 Å². The van der Waals surface area contributed by atoms with Crippen LogP contribution in [0.15, 0.2) is 48.7 Å². The van der Waals surface area contributed by atoms with E-state index in [1.54, 1.807) is 12.1 Å². The molecule has 3 nitrogen and oxygen atoms in total. The molecule has 1 aliphatic rings. The lowest BCUT2D eigenvalue weighted by Crippen LogP contribution is -2.23. The second kappa shape index (κ2) is 7.45. The van der Waals surface area contributed by atoms with E-state index in [0.717, 1.165) is 47.3 Å². The topological polar surface area (TPSA) is 21.1 Å². The van der Waals surface area contributed by atoms with Gasteiger partial charge in [-0.05, 0) is 68.8 Å². The molecule has 4 rings (SSSR count). The Morgan fingerprint density at radius 3 is 2.63 bits per heavy atom. The summed E-state index contributed by atoms with van der Waals surface area (Å²) in [6, 6.07) is 13.2. The van der Waals surface area contributed by atoms with Gasteiger partial charge in [0.05, 0.1) is 5.69 Å². The smallest absolute Gasteiger partial charge is 0.145 e. The highest BCUT2D eigenvalue weighted by Gasteiger charge is 2.26. The van der Waals surface area contributed by atoms with E-state index in [0.29, 0.717) is 5.02 Å². The summed E-state index contributed by atoms with van der Waals surface area (Å²) in [6.45, 7) is 2.96. The summed E-state index contributed by atoms with van der Waals surface area (Å²) in [5.41, 5.74) is 3.79. The molecule has 3 aromatic rings. The van der Waals surface area contributed by atoms with Crippen LogP contribution in [0, 0.1) is 12.7 Å². The number of rotatable bonds is 6. The van der Waals surface area contributed by atoms with Crippen molar-refractivity contribution < 1.29 is 4.39 Å². The van der Waals surface area contributed by atoms with Crippen molar-refractivity contribution in [2.45, 2.75) is 32.2 Å². The summed E-state index contributed by atoms with van der Waals surface area (Å²) in [7, 11) is 2.17. The minimum Gasteiger partial charge on any atom is -0.303 e. The molecule has 0 spiro atoms. The summed E-state index contributed by atoms with van der Waals surface area (Å²) in [4.78, 5) is 7.27. The molecule has 0 N–H and O–H groups in total. The zero-order chi connectivity index (χ0) is 19.0. The van der Waals surface area contributed by atoms with Crippen LogP contribution in [0.5, 0.6) is 0 Å². The van der Waals surface area contributed by atoms with Gasteiger partial charge in [-0.3, -0.25) is 4.57 Å². The first-order valence-corrected chi connectivity index (χ1v) is 9.70. The first-order chi connectivity index (χ1) is 13.0. The van der Waals surface area contributed by atoms with Crippen LogP contribution >= 0.6 is 11.6 Å². The number of benzene rings is 2. The molecular formula is C22H23ClFN3. The average molecular weight is 384 g/mol. The fourth-order valence-corrected chi connectivity index (χ4v) is 3.49. The number of hydrogen-bond acceptors (Lipinski definition) is 2. The molecule has 1 aromatic heterocycles. The van der Waals surface area contributed by atoms with E-state index >= 15 is 0 Å². The molecule has 0 unspecified atom stereocenters. The van der Waals surface area contributed by atoms with E-state index in [-0.39, 0.29) is 5.82 Å². The maximum absolute atomic E-state index is 13.9. The van der Waals surface area contributed by atoms with E-state index in [1.165, 1.54) is 18.9 Å². The molecule has 0 radical (unpaired) electrons. The zero-order valence-corrected chi connectivity index (χ0v) is 16.4. The van der Waals surface area contributed by atoms with Crippen LogP contribution in [0.3, 0.4) is 0 Å². The number of aromatic nitrogens is 2. The van der Waals surface area contributed by atoms with Crippen LogP contribution in [0.1, 0.15) is 24.1 Å². The second-order valence-electron chi connectivity index (χ2n) is 7.32. The Balaban J connectivity index is 1.72. The van der Waals surface area contributed by atoms with Gasteiger partial charge in [-0.1, -0.05) is 17.7 Å². The fraction of sp³-hybridized carbons (Fsp3) is 0.318. The predicted molar refractivity (Wildman–Crippen MR) is 108 cm³/mol. The highest BCUT2D eigenvalue weighted by Crippen LogP contribution is 2.28. The first-order valence-electron chi connectivity index (χ1n) is 9.32. The third-order valence-electron chi connectivity index (χ3n) is 5.19. The second-order valence-corrected chi connectivity index (χ2v) is 7.76. The number of halogens is 2. The largest absolute Gasteiger partial charge is 0.303 e. The van der Waals surface area contributed by atoms with Gasteiger partial charge in [0, 0.05) is 41.5 Å². The van der Waals surface area contributed by atoms with E-state index in [4.69, 9.17) is 16.6 Å². The Kier molecular flexibility index (Phi) is 5.02. The molecule has 5 heteroatoms. The van der Waals surface area contributed by atoms with Crippen LogP contribution in [-0.4, -0.2) is 34.1 Å². The lowest BCUT2D eigenvalue weighted by molar-refractivity contribution is 0.327. The van der Waals surface area contributed by atoms with Crippen molar-refractivity contribution in [1.82, 2.24) is 14.5 Å². The molecule has 0 atom stereocenters. The van der Waals surface area contributed by atoms with Crippen molar-refractivity contribution in [1.29, 1.82) is 0 Å². The molecule has 0 aliphatic heterocycles. The van der Waals surface area contributed by atoms with Crippen molar-refractivity contribution in [3.05, 3.63) is 70.8 Å². The molecule has 1 aliphatic carbocycles. The molecule has 27 heavy (non-hydrogen) atoms. The van der Waals surface area contributed by atoms with Gasteiger partial charge in [0.25, 0.3) is 0 Å². The van der Waals surface area contributed by atoms with Gasteiger partial charge in [-0.25, -0.2) is 9.37 Å². The highest BCUT2D eigenvalue weighted by atomic mass is 35.5. The maximum atomic E-state index is 13.9. The summed E-state index contributed by atoms with van der Waals surface area (Å²) < 4.78 is 15.9. The summed E-state index contributed by atoms with van der Waals surface area (Å²) >= 11 is 6.05. The Morgan fingerprint density at radius 1 is 1.19 bits per heavy atom. The molecule has 1 heterocycles. The third kappa shape index (κ3) is 4.07. The number of hydrogen-bond donors (Lipinski definition) is 0. The van der Waals surface area contributed by atoms with Gasteiger partial charge in [-0.15, -0.1) is 0 Å². The van der Waals surface area contributed by atoms with Crippen molar-refractivity contribution in [2.75, 3.05) is 13.6 Å². The van der Waals surface area contributed by atoms with Crippen LogP contribution in [0.2, 0.25) is 5.02 Å². The monoisotopic (exact) mass is 383 g/mol. The van der Waals surface area contributed by atoms with Crippen molar-refractivity contribution in [2.24, 2.45) is 0 Å². The lowest BCUT2D eigenvalue weighted by atomic mass is 10.1. The number of imidazole rings is 1. The van der Waals surface area contributed by atoms with Gasteiger partial charge < -0.3 is 4.90 Å². The van der Waals surface area contributed by atoms with E-state index in [2.05, 4.69) is 18.1 Å². The Hall–Kier alpha value is -2.17. The SMILES string of the molecule is Cc1ccc(F)cc1-c1nc(CCN(C)C2CC2)cn1-c1ccc(Cl)cc1. The molecule has 0 amide bonds. The predicted octanol–water partition coefficient (Wildman–Crippen LogP) is 5.28. The molecule has 0 bridgehead atoms. The van der Waals surface area contributed by atoms with E-state index < -0.39 is 0 Å². The molecule has 1 saturated carbocycles. The molecule has 2 aromatic carbocycles. The lowest BCUT2D eigenvalue weighted by Gasteiger charge is -2.13. The number of aryl methyl sites for hydroxylation is 1. The van der Waals surface area contributed by atoms with Crippen LogP contribution in [-0.2, 0) is 6.42 Å². The van der Waals surface area contributed by atoms with Gasteiger partial charge in [0.15, 0.2) is 0 Å². The Morgan fingerprint density at radius 2 is 1.93 bits per heavy atom. The zero-order valence-electron chi connectivity index (χ0n) is 15.6. The molecular weight excluding hydrogens is 361 g/mol. The minimum absolute atomic E-state index is 0.253. The number of likely N-dealkylation sites (N-methyl/N-ethyl adjacent to an activating group) is 1. The van der Waals surface area contributed by atoms with Crippen molar-refractivity contribution in [3.8, 4) is 17.1 Å². The fourth-order valence-electron chi connectivity index (χ4n) is 3.36. The number of nitrogens with zero attached hydrogens (tertiary/aromatic N) is 3. The van der Waals surface area contributed by atoms with Crippen LogP contribution in [0.4, 0.5) is 4.39 Å². The molecule has 140 valence electrons. The Labute approximate surface area is 164 Å². The van der Waals surface area contributed by atoms with Crippen molar-refractivity contribution in [3.63, 3.8) is 0 Å². The minimum atomic E-state index is -0.253. The van der Waals surface area contributed by atoms with Crippen molar-refractivity contribution >= 4 is 11.6 Å². The summed E-state index contributed by atoms with van der Waals surface area (Å²) in [5, 5.41) is 0.689. The van der Waals surface area contributed by atoms with Gasteiger partial charge in [0.1, 0.15) is 11.6 Å². The average Bonchev–Trinajstić information content (AvgIpc) is 3.43. The van der Waals surface area contributed by atoms with Gasteiger partial charge in [-0.2, -0.15) is 0 Å².